The standard InChI is InChI=1S/C9H10/c1-2-6-9-7-4-3-5-8-9/h2,4-5,7-8H,6H2,1H3. The molecule has 0 fully saturated rings. The zero-order valence-corrected chi connectivity index (χ0v) is 5.59. The first-order valence-corrected chi connectivity index (χ1v) is 3.16. The Kier molecular flexibility index (Phi) is 2.32. The van der Waals surface area contributed by atoms with E-state index < -0.39 is 0 Å². The van der Waals surface area contributed by atoms with Crippen molar-refractivity contribution in [2.75, 3.05) is 0 Å². The van der Waals surface area contributed by atoms with Gasteiger partial charge in [0.05, 0.1) is 0 Å². The summed E-state index contributed by atoms with van der Waals surface area (Å²) in [4.78, 5) is 0. The number of rotatable bonds is 2. The third-order valence-corrected chi connectivity index (χ3v) is 1.23. The van der Waals surface area contributed by atoms with Gasteiger partial charge in [0.25, 0.3) is 0 Å². The van der Waals surface area contributed by atoms with Crippen molar-refractivity contribution in [2.24, 2.45) is 0 Å². The highest BCUT2D eigenvalue weighted by Crippen LogP contribution is 1.99. The van der Waals surface area contributed by atoms with E-state index in [4.69, 9.17) is 0 Å². The molecule has 9 heavy (non-hydrogen) atoms. The van der Waals surface area contributed by atoms with Crippen LogP contribution in [0.2, 0.25) is 0 Å². The van der Waals surface area contributed by atoms with E-state index in [1.54, 1.807) is 0 Å². The molecule has 0 unspecified atom stereocenters. The minimum absolute atomic E-state index is 1.06. The molecule has 0 aliphatic rings. The Balaban J connectivity index is 2.61. The molecule has 1 aromatic rings. The van der Waals surface area contributed by atoms with Crippen LogP contribution in [0, 0.1) is 12.5 Å². The second kappa shape index (κ2) is 3.29. The molecule has 1 aromatic carbocycles. The van der Waals surface area contributed by atoms with E-state index in [0.29, 0.717) is 0 Å². The second-order valence-electron chi connectivity index (χ2n) is 2.02. The summed E-state index contributed by atoms with van der Waals surface area (Å²) in [7, 11) is 0. The Bertz CT molecular complexity index is 153. The van der Waals surface area contributed by atoms with Gasteiger partial charge in [-0.05, 0) is 24.5 Å². The van der Waals surface area contributed by atoms with Crippen LogP contribution in [0.4, 0.5) is 0 Å². The molecular weight excluding hydrogens is 108 g/mol. The lowest BCUT2D eigenvalue weighted by atomic mass is 10.1. The van der Waals surface area contributed by atoms with E-state index in [2.05, 4.69) is 31.5 Å². The Morgan fingerprint density at radius 1 is 1.44 bits per heavy atom. The minimum Gasteiger partial charge on any atom is -0.0619 e. The van der Waals surface area contributed by atoms with Gasteiger partial charge in [-0.3, -0.25) is 0 Å². The van der Waals surface area contributed by atoms with Crippen molar-refractivity contribution in [1.82, 2.24) is 0 Å². The van der Waals surface area contributed by atoms with Crippen LogP contribution in [0.3, 0.4) is 0 Å². The number of hydrogen-bond donors (Lipinski definition) is 0. The van der Waals surface area contributed by atoms with Crippen molar-refractivity contribution in [3.8, 4) is 0 Å². The van der Waals surface area contributed by atoms with E-state index in [-0.39, 0.29) is 0 Å². The van der Waals surface area contributed by atoms with Gasteiger partial charge < -0.3 is 0 Å². The van der Waals surface area contributed by atoms with Crippen LogP contribution < -0.4 is 0 Å². The van der Waals surface area contributed by atoms with Crippen molar-refractivity contribution in [2.45, 2.75) is 13.3 Å². The maximum Gasteiger partial charge on any atom is -0.0184 e. The van der Waals surface area contributed by atoms with Gasteiger partial charge in [-0.2, -0.15) is 0 Å². The van der Waals surface area contributed by atoms with Crippen molar-refractivity contribution in [3.05, 3.63) is 42.3 Å². The van der Waals surface area contributed by atoms with Crippen LogP contribution in [0.1, 0.15) is 12.5 Å². The summed E-state index contributed by atoms with van der Waals surface area (Å²) in [5, 5.41) is 0. The smallest absolute Gasteiger partial charge is 0.0184 e. The molecule has 0 heteroatoms. The monoisotopic (exact) mass is 118 g/mol. The molecule has 0 heterocycles. The van der Waals surface area contributed by atoms with Crippen molar-refractivity contribution in [3.63, 3.8) is 0 Å². The van der Waals surface area contributed by atoms with E-state index >= 15 is 0 Å². The third-order valence-electron chi connectivity index (χ3n) is 1.23. The molecule has 0 nitrogen and oxygen atoms in total. The molecule has 0 amide bonds. The Morgan fingerprint density at radius 3 is 2.67 bits per heavy atom. The first-order valence-electron chi connectivity index (χ1n) is 3.16. The average Bonchev–Trinajstić information content (AvgIpc) is 1.91. The fraction of sp³-hybridized carbons (Fsp3) is 0.222. The summed E-state index contributed by atoms with van der Waals surface area (Å²) in [5.41, 5.74) is 1.36. The molecule has 0 N–H and O–H groups in total. The van der Waals surface area contributed by atoms with Gasteiger partial charge in [-0.1, -0.05) is 31.2 Å². The van der Waals surface area contributed by atoms with E-state index in [9.17, 15) is 0 Å². The normalized spacial score (nSPS) is 9.44. The Hall–Kier alpha value is -0.780. The van der Waals surface area contributed by atoms with Gasteiger partial charge >= 0.3 is 0 Å². The van der Waals surface area contributed by atoms with Gasteiger partial charge in [0.1, 0.15) is 0 Å². The molecule has 0 spiro atoms. The summed E-state index contributed by atoms with van der Waals surface area (Å²) in [5.74, 6) is 0. The maximum atomic E-state index is 2.98. The van der Waals surface area contributed by atoms with Crippen LogP contribution in [0.5, 0.6) is 0 Å². The summed E-state index contributed by atoms with van der Waals surface area (Å²) in [6, 6.07) is 11.0. The maximum absolute atomic E-state index is 2.98. The van der Waals surface area contributed by atoms with Gasteiger partial charge in [0.15, 0.2) is 0 Å². The average molecular weight is 118 g/mol. The molecule has 0 saturated carbocycles. The fourth-order valence-corrected chi connectivity index (χ4v) is 0.793. The summed E-state index contributed by atoms with van der Waals surface area (Å²) >= 11 is 0. The fourth-order valence-electron chi connectivity index (χ4n) is 0.793. The Labute approximate surface area is 56.5 Å². The second-order valence-corrected chi connectivity index (χ2v) is 2.02. The molecule has 0 aliphatic heterocycles. The Morgan fingerprint density at radius 2 is 2.11 bits per heavy atom. The first kappa shape index (κ1) is 6.34. The SMILES string of the molecule is C[CH]Cc1cc[c]cc1. The van der Waals surface area contributed by atoms with Crippen LogP contribution in [0.15, 0.2) is 24.3 Å². The van der Waals surface area contributed by atoms with Crippen molar-refractivity contribution in [1.29, 1.82) is 0 Å². The lowest BCUT2D eigenvalue weighted by Gasteiger charge is -1.93. The first-order chi connectivity index (χ1) is 4.43. The summed E-state index contributed by atoms with van der Waals surface area (Å²) in [6.45, 7) is 2.07. The van der Waals surface area contributed by atoms with E-state index in [1.807, 2.05) is 12.1 Å². The molecule has 46 valence electrons. The van der Waals surface area contributed by atoms with Gasteiger partial charge in [-0.15, -0.1) is 0 Å². The highest BCUT2D eigenvalue weighted by Gasteiger charge is 1.85. The van der Waals surface area contributed by atoms with Gasteiger partial charge in [0, 0.05) is 0 Å². The largest absolute Gasteiger partial charge is 0.0619 e. The van der Waals surface area contributed by atoms with E-state index in [1.165, 1.54) is 5.56 Å². The lowest BCUT2D eigenvalue weighted by molar-refractivity contribution is 1.14. The van der Waals surface area contributed by atoms with Crippen molar-refractivity contribution < 1.29 is 0 Å². The molecule has 2 radical (unpaired) electrons. The zero-order chi connectivity index (χ0) is 6.53. The highest BCUT2D eigenvalue weighted by atomic mass is 13.9. The highest BCUT2D eigenvalue weighted by molar-refractivity contribution is 5.15. The molecule has 1 rings (SSSR count). The van der Waals surface area contributed by atoms with Crippen molar-refractivity contribution >= 4 is 0 Å². The van der Waals surface area contributed by atoms with E-state index in [0.717, 1.165) is 6.42 Å². The molecule has 0 aromatic heterocycles. The number of hydrogen-bond acceptors (Lipinski definition) is 0. The molecular formula is C9H10. The van der Waals surface area contributed by atoms with Crippen LogP contribution in [-0.4, -0.2) is 0 Å². The predicted octanol–water partition coefficient (Wildman–Crippen LogP) is 2.25. The molecule has 0 bridgehead atoms. The van der Waals surface area contributed by atoms with Crippen LogP contribution >= 0.6 is 0 Å². The summed E-state index contributed by atoms with van der Waals surface area (Å²) < 4.78 is 0. The minimum atomic E-state index is 1.06. The van der Waals surface area contributed by atoms with Gasteiger partial charge in [0.2, 0.25) is 0 Å². The molecule has 0 aliphatic carbocycles. The van der Waals surface area contributed by atoms with Crippen LogP contribution in [0.25, 0.3) is 0 Å². The third kappa shape index (κ3) is 1.88. The zero-order valence-electron chi connectivity index (χ0n) is 5.59. The van der Waals surface area contributed by atoms with Crippen LogP contribution in [-0.2, 0) is 6.42 Å². The number of benzene rings is 1. The molecule has 0 saturated heterocycles. The molecule has 0 atom stereocenters. The quantitative estimate of drug-likeness (QED) is 0.558. The summed E-state index contributed by atoms with van der Waals surface area (Å²) in [6.07, 6.45) is 3.21. The predicted molar refractivity (Wildman–Crippen MR) is 39.0 cm³/mol. The lowest BCUT2D eigenvalue weighted by Crippen LogP contribution is -1.79. The van der Waals surface area contributed by atoms with Gasteiger partial charge in [-0.25, -0.2) is 0 Å². The topological polar surface area (TPSA) is 0 Å².